The van der Waals surface area contributed by atoms with E-state index in [1.807, 2.05) is 13.0 Å². The van der Waals surface area contributed by atoms with E-state index in [1.54, 1.807) is 24.3 Å². The Morgan fingerprint density at radius 1 is 1.40 bits per heavy atom. The van der Waals surface area contributed by atoms with Gasteiger partial charge in [0.2, 0.25) is 0 Å². The first-order valence-electron chi connectivity index (χ1n) is 7.79. The molecule has 1 N–H and O–H groups in total. The number of carbonyl (C=O) groups is 1. The van der Waals surface area contributed by atoms with Crippen molar-refractivity contribution >= 4 is 17.7 Å². The van der Waals surface area contributed by atoms with Gasteiger partial charge in [0.1, 0.15) is 23.2 Å². The van der Waals surface area contributed by atoms with Crippen LogP contribution in [0, 0.1) is 21.4 Å². The molecule has 0 fully saturated rings. The highest BCUT2D eigenvalue weighted by atomic mass is 16.6. The minimum Gasteiger partial charge on any atom is -0.457 e. The van der Waals surface area contributed by atoms with Crippen molar-refractivity contribution in [2.75, 3.05) is 6.54 Å². The van der Waals surface area contributed by atoms with Gasteiger partial charge in [0.05, 0.1) is 4.92 Å². The highest BCUT2D eigenvalue weighted by molar-refractivity contribution is 6.01. The Labute approximate surface area is 144 Å². The van der Waals surface area contributed by atoms with Crippen LogP contribution >= 0.6 is 0 Å². The van der Waals surface area contributed by atoms with Gasteiger partial charge < -0.3 is 9.73 Å². The topological polar surface area (TPSA) is 109 Å². The highest BCUT2D eigenvalue weighted by Crippen LogP contribution is 2.26. The fraction of sp³-hybridized carbons (Fsp3) is 0.222. The van der Waals surface area contributed by atoms with E-state index >= 15 is 0 Å². The number of hydrogen-bond donors (Lipinski definition) is 1. The minimum atomic E-state index is -0.484. The third-order valence-corrected chi connectivity index (χ3v) is 3.44. The van der Waals surface area contributed by atoms with Crippen molar-refractivity contribution in [2.24, 2.45) is 0 Å². The molecule has 1 aromatic heterocycles. The average molecular weight is 339 g/mol. The van der Waals surface area contributed by atoms with Gasteiger partial charge in [-0.15, -0.1) is 0 Å². The lowest BCUT2D eigenvalue weighted by molar-refractivity contribution is -0.384. The van der Waals surface area contributed by atoms with Crippen LogP contribution in [0.25, 0.3) is 17.4 Å². The van der Waals surface area contributed by atoms with Crippen molar-refractivity contribution in [3.05, 3.63) is 57.8 Å². The quantitative estimate of drug-likeness (QED) is 0.272. The smallest absolute Gasteiger partial charge is 0.270 e. The van der Waals surface area contributed by atoms with Crippen LogP contribution in [0.5, 0.6) is 0 Å². The van der Waals surface area contributed by atoms with Crippen molar-refractivity contribution < 1.29 is 14.1 Å². The Kier molecular flexibility index (Phi) is 6.07. The molecule has 0 saturated carbocycles. The van der Waals surface area contributed by atoms with E-state index in [0.29, 0.717) is 23.6 Å². The molecule has 2 aromatic rings. The summed E-state index contributed by atoms with van der Waals surface area (Å²) in [4.78, 5) is 22.3. The second-order valence-corrected chi connectivity index (χ2v) is 5.29. The molecule has 0 aliphatic heterocycles. The molecule has 1 aromatic carbocycles. The van der Waals surface area contributed by atoms with Gasteiger partial charge in [-0.05, 0) is 18.6 Å². The molecular formula is C18H17N3O4. The number of nitriles is 1. The first-order valence-corrected chi connectivity index (χ1v) is 7.79. The average Bonchev–Trinajstić information content (AvgIpc) is 3.08. The van der Waals surface area contributed by atoms with E-state index in [-0.39, 0.29) is 11.3 Å². The lowest BCUT2D eigenvalue weighted by Crippen LogP contribution is -2.25. The molecule has 0 unspecified atom stereocenters. The molecule has 0 bridgehead atoms. The highest BCUT2D eigenvalue weighted by Gasteiger charge is 2.12. The van der Waals surface area contributed by atoms with Crippen molar-refractivity contribution in [3.8, 4) is 17.4 Å². The number of benzene rings is 1. The molecule has 0 aliphatic rings. The SMILES string of the molecule is CCCCNC(=O)/C(C#N)=C/c1ccc(-c2cccc([N+](=O)[O-])c2)o1. The zero-order chi connectivity index (χ0) is 18.2. The molecule has 7 heteroatoms. The number of unbranched alkanes of at least 4 members (excludes halogenated alkanes) is 1. The third-order valence-electron chi connectivity index (χ3n) is 3.44. The minimum absolute atomic E-state index is 0.0426. The molecule has 0 radical (unpaired) electrons. The monoisotopic (exact) mass is 339 g/mol. The Morgan fingerprint density at radius 3 is 2.88 bits per heavy atom. The molecule has 0 saturated heterocycles. The molecule has 128 valence electrons. The van der Waals surface area contributed by atoms with Crippen LogP contribution in [0.3, 0.4) is 0 Å². The summed E-state index contributed by atoms with van der Waals surface area (Å²) >= 11 is 0. The van der Waals surface area contributed by atoms with Crippen LogP contribution < -0.4 is 5.32 Å². The fourth-order valence-electron chi connectivity index (χ4n) is 2.12. The number of nitro groups is 1. The Morgan fingerprint density at radius 2 is 2.20 bits per heavy atom. The van der Waals surface area contributed by atoms with E-state index < -0.39 is 10.8 Å². The largest absolute Gasteiger partial charge is 0.457 e. The normalized spacial score (nSPS) is 11.0. The van der Waals surface area contributed by atoms with Crippen LogP contribution in [0.1, 0.15) is 25.5 Å². The molecule has 1 amide bonds. The summed E-state index contributed by atoms with van der Waals surface area (Å²) in [7, 11) is 0. The van der Waals surface area contributed by atoms with Gasteiger partial charge in [0.25, 0.3) is 11.6 Å². The summed E-state index contributed by atoms with van der Waals surface area (Å²) < 4.78 is 5.58. The number of rotatable bonds is 7. The van der Waals surface area contributed by atoms with E-state index in [0.717, 1.165) is 12.8 Å². The zero-order valence-electron chi connectivity index (χ0n) is 13.7. The Hall–Kier alpha value is -3.40. The lowest BCUT2D eigenvalue weighted by atomic mass is 10.1. The lowest BCUT2D eigenvalue weighted by Gasteiger charge is -2.02. The maximum absolute atomic E-state index is 11.9. The first kappa shape index (κ1) is 17.9. The molecular weight excluding hydrogens is 322 g/mol. The second-order valence-electron chi connectivity index (χ2n) is 5.29. The molecule has 2 rings (SSSR count). The van der Waals surface area contributed by atoms with Crippen LogP contribution in [0.4, 0.5) is 5.69 Å². The van der Waals surface area contributed by atoms with Gasteiger partial charge in [-0.3, -0.25) is 14.9 Å². The molecule has 1 heterocycles. The third kappa shape index (κ3) is 4.78. The molecule has 7 nitrogen and oxygen atoms in total. The standard InChI is InChI=1S/C18H17N3O4/c1-2-3-9-20-18(22)14(12-19)11-16-7-8-17(25-16)13-5-4-6-15(10-13)21(23)24/h4-8,10-11H,2-3,9H2,1H3,(H,20,22)/b14-11+. The number of nitrogens with zero attached hydrogens (tertiary/aromatic N) is 2. The van der Waals surface area contributed by atoms with Crippen LogP contribution in [-0.4, -0.2) is 17.4 Å². The fourth-order valence-corrected chi connectivity index (χ4v) is 2.12. The maximum atomic E-state index is 11.9. The maximum Gasteiger partial charge on any atom is 0.270 e. The van der Waals surface area contributed by atoms with Gasteiger partial charge in [0, 0.05) is 30.3 Å². The summed E-state index contributed by atoms with van der Waals surface area (Å²) in [6, 6.07) is 11.1. The van der Waals surface area contributed by atoms with Crippen molar-refractivity contribution in [3.63, 3.8) is 0 Å². The van der Waals surface area contributed by atoms with Crippen LogP contribution in [-0.2, 0) is 4.79 Å². The Bertz CT molecular complexity index is 846. The van der Waals surface area contributed by atoms with E-state index in [1.165, 1.54) is 18.2 Å². The van der Waals surface area contributed by atoms with Gasteiger partial charge in [0.15, 0.2) is 0 Å². The van der Waals surface area contributed by atoms with E-state index in [9.17, 15) is 14.9 Å². The summed E-state index contributed by atoms with van der Waals surface area (Å²) in [5.74, 6) is 0.284. The van der Waals surface area contributed by atoms with Crippen LogP contribution in [0.15, 0.2) is 46.4 Å². The summed E-state index contributed by atoms with van der Waals surface area (Å²) in [5, 5.41) is 22.6. The predicted octanol–water partition coefficient (Wildman–Crippen LogP) is 3.68. The molecule has 0 atom stereocenters. The van der Waals surface area contributed by atoms with Gasteiger partial charge in [-0.1, -0.05) is 25.5 Å². The van der Waals surface area contributed by atoms with Crippen molar-refractivity contribution in [1.29, 1.82) is 5.26 Å². The number of nitrogens with one attached hydrogen (secondary N) is 1. The summed E-state index contributed by atoms with van der Waals surface area (Å²) in [5.41, 5.74) is 0.440. The van der Waals surface area contributed by atoms with Crippen molar-refractivity contribution in [2.45, 2.75) is 19.8 Å². The Balaban J connectivity index is 2.19. The molecule has 0 aliphatic carbocycles. The predicted molar refractivity (Wildman–Crippen MR) is 92.3 cm³/mol. The number of nitro benzene ring substituents is 1. The molecule has 0 spiro atoms. The first-order chi connectivity index (χ1) is 12.0. The number of carbonyl (C=O) groups excluding carboxylic acids is 1. The van der Waals surface area contributed by atoms with E-state index in [4.69, 9.17) is 9.68 Å². The molecule has 25 heavy (non-hydrogen) atoms. The zero-order valence-corrected chi connectivity index (χ0v) is 13.7. The summed E-state index contributed by atoms with van der Waals surface area (Å²) in [6.07, 6.45) is 3.13. The van der Waals surface area contributed by atoms with E-state index in [2.05, 4.69) is 5.32 Å². The number of furan rings is 1. The number of amides is 1. The van der Waals surface area contributed by atoms with Gasteiger partial charge in [-0.25, -0.2) is 0 Å². The van der Waals surface area contributed by atoms with Gasteiger partial charge >= 0.3 is 0 Å². The van der Waals surface area contributed by atoms with Gasteiger partial charge in [-0.2, -0.15) is 5.26 Å². The number of hydrogen-bond acceptors (Lipinski definition) is 5. The summed E-state index contributed by atoms with van der Waals surface area (Å²) in [6.45, 7) is 2.51. The van der Waals surface area contributed by atoms with Crippen molar-refractivity contribution in [1.82, 2.24) is 5.32 Å². The second kappa shape index (κ2) is 8.45. The number of non-ortho nitro benzene ring substituents is 1. The van der Waals surface area contributed by atoms with Crippen LogP contribution in [0.2, 0.25) is 0 Å².